The topological polar surface area (TPSA) is 21.6 Å². The van der Waals surface area contributed by atoms with Gasteiger partial charge in [0.15, 0.2) is 5.90 Å². The number of ether oxygens (including phenoxy) is 1. The summed E-state index contributed by atoms with van der Waals surface area (Å²) in [4.78, 5) is 4.68. The highest BCUT2D eigenvalue weighted by molar-refractivity contribution is 5.80. The monoisotopic (exact) mass is 253 g/mol. The Bertz CT molecular complexity index is 561. The number of rotatable bonds is 3. The van der Waals surface area contributed by atoms with Gasteiger partial charge in [-0.05, 0) is 35.8 Å². The van der Waals surface area contributed by atoms with Crippen molar-refractivity contribution in [2.45, 2.75) is 26.8 Å². The largest absolute Gasteiger partial charge is 0.478 e. The second-order valence-electron chi connectivity index (χ2n) is 5.03. The van der Waals surface area contributed by atoms with Crippen LogP contribution in [0.15, 0.2) is 29.3 Å². The quantitative estimate of drug-likeness (QED) is 0.751. The van der Waals surface area contributed by atoms with E-state index >= 15 is 0 Å². The van der Waals surface area contributed by atoms with E-state index in [0.717, 1.165) is 11.5 Å². The second kappa shape index (κ2) is 5.75. The highest BCUT2D eigenvalue weighted by Gasteiger charge is 2.24. The zero-order valence-corrected chi connectivity index (χ0v) is 11.7. The average Bonchev–Trinajstić information content (AvgIpc) is 2.86. The van der Waals surface area contributed by atoms with Crippen molar-refractivity contribution in [1.82, 2.24) is 0 Å². The Kier molecular flexibility index (Phi) is 4.06. The van der Waals surface area contributed by atoms with E-state index in [2.05, 4.69) is 49.9 Å². The summed E-state index contributed by atoms with van der Waals surface area (Å²) in [5.74, 6) is 3.72. The molecule has 0 fully saturated rings. The lowest BCUT2D eigenvalue weighted by atomic mass is 9.96. The van der Waals surface area contributed by atoms with E-state index in [1.54, 1.807) is 6.08 Å². The van der Waals surface area contributed by atoms with Gasteiger partial charge in [0.1, 0.15) is 12.6 Å². The molecule has 0 radical (unpaired) electrons. The van der Waals surface area contributed by atoms with Crippen LogP contribution in [-0.4, -0.2) is 12.5 Å². The maximum atomic E-state index is 5.67. The van der Waals surface area contributed by atoms with E-state index in [0.29, 0.717) is 12.5 Å². The van der Waals surface area contributed by atoms with Crippen LogP contribution in [0.3, 0.4) is 0 Å². The van der Waals surface area contributed by atoms with Crippen molar-refractivity contribution in [3.8, 4) is 12.3 Å². The highest BCUT2D eigenvalue weighted by atomic mass is 16.5. The van der Waals surface area contributed by atoms with Crippen LogP contribution in [0.2, 0.25) is 0 Å². The molecule has 2 nitrogen and oxygen atoms in total. The van der Waals surface area contributed by atoms with Crippen LogP contribution < -0.4 is 0 Å². The molecule has 0 saturated carbocycles. The summed E-state index contributed by atoms with van der Waals surface area (Å²) in [6.07, 6.45) is 9.01. The average molecular weight is 253 g/mol. The number of aliphatic imine (C=N–C) groups is 1. The number of allylic oxidation sites excluding steroid dienone is 1. The fraction of sp³-hybridized carbons (Fsp3) is 0.353. The fourth-order valence-electron chi connectivity index (χ4n) is 2.22. The standard InChI is InChI=1S/C17H19NO/c1-5-6-9-14-13(4)8-7-10-15(14)16-11-19-17(18-16)12(2)3/h1,6-10,12,16H,11H2,2-4H3/b9-6-. The number of hydrogen-bond acceptors (Lipinski definition) is 2. The molecule has 1 aliphatic heterocycles. The van der Waals surface area contributed by atoms with Crippen molar-refractivity contribution in [2.75, 3.05) is 6.61 Å². The second-order valence-corrected chi connectivity index (χ2v) is 5.03. The molecule has 1 aromatic carbocycles. The molecule has 1 unspecified atom stereocenters. The summed E-state index contributed by atoms with van der Waals surface area (Å²) < 4.78 is 5.67. The first kappa shape index (κ1) is 13.4. The SMILES string of the molecule is C#C/C=C\c1c(C)cccc1C1COC(C(C)C)=N1. The lowest BCUT2D eigenvalue weighted by molar-refractivity contribution is 0.303. The first-order chi connectivity index (χ1) is 9.13. The number of aryl methyl sites for hydroxylation is 1. The Morgan fingerprint density at radius 1 is 1.47 bits per heavy atom. The van der Waals surface area contributed by atoms with Crippen LogP contribution in [0, 0.1) is 25.2 Å². The van der Waals surface area contributed by atoms with Gasteiger partial charge >= 0.3 is 0 Å². The molecule has 0 saturated heterocycles. The van der Waals surface area contributed by atoms with Gasteiger partial charge < -0.3 is 4.74 Å². The third-order valence-electron chi connectivity index (χ3n) is 3.23. The molecule has 98 valence electrons. The molecule has 1 atom stereocenters. The fourth-order valence-corrected chi connectivity index (χ4v) is 2.22. The summed E-state index contributed by atoms with van der Waals surface area (Å²) in [5, 5.41) is 0. The normalized spacial score (nSPS) is 18.5. The third kappa shape index (κ3) is 2.88. The maximum Gasteiger partial charge on any atom is 0.186 e. The Morgan fingerprint density at radius 2 is 2.26 bits per heavy atom. The summed E-state index contributed by atoms with van der Waals surface area (Å²) in [6, 6.07) is 6.32. The van der Waals surface area contributed by atoms with Crippen molar-refractivity contribution >= 4 is 12.0 Å². The predicted molar refractivity (Wildman–Crippen MR) is 80.0 cm³/mol. The molecule has 1 heterocycles. The van der Waals surface area contributed by atoms with Crippen LogP contribution in [0.1, 0.15) is 36.6 Å². The van der Waals surface area contributed by atoms with Gasteiger partial charge in [-0.2, -0.15) is 0 Å². The van der Waals surface area contributed by atoms with Crippen molar-refractivity contribution in [2.24, 2.45) is 10.9 Å². The first-order valence-electron chi connectivity index (χ1n) is 6.56. The summed E-state index contributed by atoms with van der Waals surface area (Å²) >= 11 is 0. The van der Waals surface area contributed by atoms with Crippen molar-refractivity contribution < 1.29 is 4.74 Å². The Hall–Kier alpha value is -2.01. The number of hydrogen-bond donors (Lipinski definition) is 0. The van der Waals surface area contributed by atoms with E-state index in [-0.39, 0.29) is 6.04 Å². The third-order valence-corrected chi connectivity index (χ3v) is 3.23. The van der Waals surface area contributed by atoms with Crippen molar-refractivity contribution in [3.05, 3.63) is 41.0 Å². The van der Waals surface area contributed by atoms with Crippen molar-refractivity contribution in [3.63, 3.8) is 0 Å². The Labute approximate surface area is 115 Å². The van der Waals surface area contributed by atoms with E-state index in [1.807, 2.05) is 6.08 Å². The van der Waals surface area contributed by atoms with Gasteiger partial charge in [-0.1, -0.05) is 38.0 Å². The Balaban J connectivity index is 2.39. The number of nitrogens with zero attached hydrogens (tertiary/aromatic N) is 1. The first-order valence-corrected chi connectivity index (χ1v) is 6.56. The summed E-state index contributed by atoms with van der Waals surface area (Å²) in [7, 11) is 0. The minimum atomic E-state index is 0.0784. The van der Waals surface area contributed by atoms with E-state index in [4.69, 9.17) is 11.2 Å². The summed E-state index contributed by atoms with van der Waals surface area (Å²) in [5.41, 5.74) is 3.54. The maximum absolute atomic E-state index is 5.67. The van der Waals surface area contributed by atoms with Crippen LogP contribution in [-0.2, 0) is 4.74 Å². The minimum Gasteiger partial charge on any atom is -0.478 e. The zero-order chi connectivity index (χ0) is 13.8. The van der Waals surface area contributed by atoms with Crippen LogP contribution in [0.4, 0.5) is 0 Å². The van der Waals surface area contributed by atoms with Crippen molar-refractivity contribution in [1.29, 1.82) is 0 Å². The van der Waals surface area contributed by atoms with E-state index in [1.165, 1.54) is 11.1 Å². The molecule has 0 N–H and O–H groups in total. The molecular weight excluding hydrogens is 234 g/mol. The molecule has 0 bridgehead atoms. The summed E-state index contributed by atoms with van der Waals surface area (Å²) in [6.45, 7) is 6.89. The molecule has 0 spiro atoms. The molecule has 19 heavy (non-hydrogen) atoms. The molecule has 0 aliphatic carbocycles. The molecule has 0 amide bonds. The van der Waals surface area contributed by atoms with Gasteiger partial charge in [0.2, 0.25) is 0 Å². The minimum absolute atomic E-state index is 0.0784. The molecule has 2 heteroatoms. The molecule has 0 aromatic heterocycles. The lowest BCUT2D eigenvalue weighted by Crippen LogP contribution is -2.06. The van der Waals surface area contributed by atoms with Crippen LogP contribution in [0.25, 0.3) is 6.08 Å². The Morgan fingerprint density at radius 3 is 2.89 bits per heavy atom. The lowest BCUT2D eigenvalue weighted by Gasteiger charge is -2.12. The molecule has 1 aliphatic rings. The van der Waals surface area contributed by atoms with Crippen LogP contribution in [0.5, 0.6) is 0 Å². The number of terminal acetylenes is 1. The van der Waals surface area contributed by atoms with E-state index in [9.17, 15) is 0 Å². The smallest absolute Gasteiger partial charge is 0.186 e. The van der Waals surface area contributed by atoms with Gasteiger partial charge in [-0.3, -0.25) is 0 Å². The van der Waals surface area contributed by atoms with Gasteiger partial charge in [0, 0.05) is 5.92 Å². The molecule has 2 rings (SSSR count). The van der Waals surface area contributed by atoms with Gasteiger partial charge in [-0.25, -0.2) is 4.99 Å². The number of benzene rings is 1. The van der Waals surface area contributed by atoms with Gasteiger partial charge in [0.05, 0.1) is 0 Å². The molecule has 1 aromatic rings. The highest BCUT2D eigenvalue weighted by Crippen LogP contribution is 2.30. The van der Waals surface area contributed by atoms with Crippen LogP contribution >= 0.6 is 0 Å². The van der Waals surface area contributed by atoms with Gasteiger partial charge in [-0.15, -0.1) is 6.42 Å². The molecular formula is C17H19NO. The zero-order valence-electron chi connectivity index (χ0n) is 11.7. The predicted octanol–water partition coefficient (Wildman–Crippen LogP) is 3.77. The van der Waals surface area contributed by atoms with Gasteiger partial charge in [0.25, 0.3) is 0 Å². The van der Waals surface area contributed by atoms with E-state index < -0.39 is 0 Å².